The van der Waals surface area contributed by atoms with Crippen molar-refractivity contribution in [3.63, 3.8) is 0 Å². The van der Waals surface area contributed by atoms with Crippen LogP contribution in [0.25, 0.3) is 5.57 Å². The topological polar surface area (TPSA) is 65.1 Å². The number of fused-ring (bicyclic) bond motifs is 1. The maximum atomic E-state index is 12.5. The smallest absolute Gasteiger partial charge is 0.410 e. The highest BCUT2D eigenvalue weighted by Gasteiger charge is 2.40. The standard InChI is InChI=1S/C26H29NO5.C2H6/c1-25(2,3)32-24(29)27-15-13-26(14-16-27)17-21(20-7-5-6-8-22(20)31-26)18-9-11-19(12-10-18)23(28)30-4;1-2/h5-12,17H,13-16H2,1-4H3;1-2H3. The average molecular weight is 466 g/mol. The predicted molar refractivity (Wildman–Crippen MR) is 133 cm³/mol. The van der Waals surface area contributed by atoms with Gasteiger partial charge in [-0.2, -0.15) is 0 Å². The molecule has 0 radical (unpaired) electrons. The van der Waals surface area contributed by atoms with Gasteiger partial charge in [0, 0.05) is 31.5 Å². The van der Waals surface area contributed by atoms with Crippen molar-refractivity contribution >= 4 is 17.6 Å². The highest BCUT2D eigenvalue weighted by molar-refractivity contribution is 5.91. The van der Waals surface area contributed by atoms with Gasteiger partial charge in [0.25, 0.3) is 0 Å². The Bertz CT molecular complexity index is 1040. The Morgan fingerprint density at radius 2 is 1.59 bits per heavy atom. The highest BCUT2D eigenvalue weighted by Crippen LogP contribution is 2.43. The van der Waals surface area contributed by atoms with E-state index in [-0.39, 0.29) is 12.1 Å². The van der Waals surface area contributed by atoms with E-state index in [1.165, 1.54) is 7.11 Å². The Morgan fingerprint density at radius 1 is 0.971 bits per heavy atom. The van der Waals surface area contributed by atoms with E-state index in [9.17, 15) is 9.59 Å². The molecule has 2 heterocycles. The van der Waals surface area contributed by atoms with E-state index in [0.29, 0.717) is 31.5 Å². The van der Waals surface area contributed by atoms with Gasteiger partial charge < -0.3 is 19.1 Å². The van der Waals surface area contributed by atoms with E-state index in [1.807, 2.05) is 71.0 Å². The van der Waals surface area contributed by atoms with Gasteiger partial charge in [-0.3, -0.25) is 0 Å². The molecule has 0 unspecified atom stereocenters. The van der Waals surface area contributed by atoms with Gasteiger partial charge in [-0.1, -0.05) is 44.2 Å². The minimum Gasteiger partial charge on any atom is -0.482 e. The normalized spacial score (nSPS) is 16.3. The summed E-state index contributed by atoms with van der Waals surface area (Å²) in [5, 5.41) is 0. The van der Waals surface area contributed by atoms with Crippen LogP contribution in [0, 0.1) is 0 Å². The van der Waals surface area contributed by atoms with Gasteiger partial charge in [0.1, 0.15) is 17.0 Å². The number of carbonyl (C=O) groups excluding carboxylic acids is 2. The molecule has 4 rings (SSSR count). The van der Waals surface area contributed by atoms with Gasteiger partial charge in [0.15, 0.2) is 0 Å². The zero-order valence-corrected chi connectivity index (χ0v) is 21.0. The third-order valence-corrected chi connectivity index (χ3v) is 5.78. The van der Waals surface area contributed by atoms with Crippen LogP contribution in [0.15, 0.2) is 54.6 Å². The van der Waals surface area contributed by atoms with Gasteiger partial charge in [-0.25, -0.2) is 9.59 Å². The van der Waals surface area contributed by atoms with Crippen LogP contribution in [-0.2, 0) is 9.47 Å². The van der Waals surface area contributed by atoms with Crippen molar-refractivity contribution in [1.29, 1.82) is 0 Å². The lowest BCUT2D eigenvalue weighted by Crippen LogP contribution is -2.50. The second-order valence-electron chi connectivity index (χ2n) is 9.26. The summed E-state index contributed by atoms with van der Waals surface area (Å²) in [5.74, 6) is 0.469. The number of carbonyl (C=O) groups is 2. The molecule has 34 heavy (non-hydrogen) atoms. The quantitative estimate of drug-likeness (QED) is 0.502. The molecule has 6 heteroatoms. The van der Waals surface area contributed by atoms with Gasteiger partial charge in [0.2, 0.25) is 0 Å². The summed E-state index contributed by atoms with van der Waals surface area (Å²) in [6.07, 6.45) is 3.23. The van der Waals surface area contributed by atoms with Crippen molar-refractivity contribution < 1.29 is 23.8 Å². The Kier molecular flexibility index (Phi) is 7.70. The summed E-state index contributed by atoms with van der Waals surface area (Å²) in [7, 11) is 1.38. The summed E-state index contributed by atoms with van der Waals surface area (Å²) < 4.78 is 16.8. The number of methoxy groups -OCH3 is 1. The van der Waals surface area contributed by atoms with Crippen LogP contribution in [0.3, 0.4) is 0 Å². The Hall–Kier alpha value is -3.28. The van der Waals surface area contributed by atoms with Gasteiger partial charge in [-0.05, 0) is 56.2 Å². The van der Waals surface area contributed by atoms with Crippen LogP contribution in [0.2, 0.25) is 0 Å². The van der Waals surface area contributed by atoms with E-state index >= 15 is 0 Å². The Labute approximate surface area is 202 Å². The molecule has 1 spiro atoms. The molecule has 2 aromatic rings. The molecule has 1 fully saturated rings. The van der Waals surface area contributed by atoms with Gasteiger partial charge >= 0.3 is 12.1 Å². The first-order chi connectivity index (χ1) is 16.2. The number of ether oxygens (including phenoxy) is 3. The van der Waals surface area contributed by atoms with Crippen molar-refractivity contribution in [1.82, 2.24) is 4.90 Å². The number of hydrogen-bond donors (Lipinski definition) is 0. The fourth-order valence-electron chi connectivity index (χ4n) is 4.15. The number of nitrogens with zero attached hydrogens (tertiary/aromatic N) is 1. The predicted octanol–water partition coefficient (Wildman–Crippen LogP) is 6.09. The van der Waals surface area contributed by atoms with Crippen LogP contribution in [-0.4, -0.2) is 48.4 Å². The first-order valence-corrected chi connectivity index (χ1v) is 11.9. The second kappa shape index (κ2) is 10.3. The minimum absolute atomic E-state index is 0.286. The number of hydrogen-bond acceptors (Lipinski definition) is 5. The molecule has 0 aliphatic carbocycles. The molecule has 0 N–H and O–H groups in total. The molecule has 2 aromatic carbocycles. The molecule has 2 aliphatic heterocycles. The number of rotatable bonds is 2. The number of amides is 1. The van der Waals surface area contributed by atoms with Crippen molar-refractivity contribution in [3.8, 4) is 5.75 Å². The van der Waals surface area contributed by atoms with Crippen LogP contribution < -0.4 is 4.74 Å². The minimum atomic E-state index is -0.518. The molecule has 1 amide bonds. The molecule has 6 nitrogen and oxygen atoms in total. The SMILES string of the molecule is CC.COC(=O)c1ccc(C2=CC3(CCN(C(=O)OC(C)(C)C)CC3)Oc3ccccc32)cc1. The lowest BCUT2D eigenvalue weighted by atomic mass is 9.83. The van der Waals surface area contributed by atoms with Crippen molar-refractivity contribution in [3.05, 3.63) is 71.3 Å². The summed E-state index contributed by atoms with van der Waals surface area (Å²) in [5.41, 5.74) is 2.58. The van der Waals surface area contributed by atoms with Crippen molar-refractivity contribution in [2.75, 3.05) is 20.2 Å². The van der Waals surface area contributed by atoms with Gasteiger partial charge in [-0.15, -0.1) is 0 Å². The second-order valence-corrected chi connectivity index (χ2v) is 9.26. The number of piperidine rings is 1. The Morgan fingerprint density at radius 3 is 2.18 bits per heavy atom. The number of esters is 1. The summed E-state index contributed by atoms with van der Waals surface area (Å²) in [6, 6.07) is 15.4. The van der Waals surface area contributed by atoms with Crippen LogP contribution in [0.5, 0.6) is 5.75 Å². The Balaban J connectivity index is 0.00000158. The fourth-order valence-corrected chi connectivity index (χ4v) is 4.15. The molecule has 2 aliphatic rings. The molecule has 1 saturated heterocycles. The average Bonchev–Trinajstić information content (AvgIpc) is 2.84. The number of benzene rings is 2. The van der Waals surface area contributed by atoms with Crippen molar-refractivity contribution in [2.45, 2.75) is 58.7 Å². The highest BCUT2D eigenvalue weighted by atomic mass is 16.6. The molecular formula is C28H35NO5. The fraction of sp³-hybridized carbons (Fsp3) is 0.429. The molecule has 0 bridgehead atoms. The molecule has 0 aromatic heterocycles. The third-order valence-electron chi connectivity index (χ3n) is 5.78. The monoisotopic (exact) mass is 465 g/mol. The van der Waals surface area contributed by atoms with Crippen molar-refractivity contribution in [2.24, 2.45) is 0 Å². The van der Waals surface area contributed by atoms with E-state index in [0.717, 1.165) is 22.4 Å². The number of para-hydroxylation sites is 1. The first-order valence-electron chi connectivity index (χ1n) is 11.9. The van der Waals surface area contributed by atoms with Crippen LogP contribution >= 0.6 is 0 Å². The van der Waals surface area contributed by atoms with E-state index < -0.39 is 11.2 Å². The molecule has 0 saturated carbocycles. The van der Waals surface area contributed by atoms with E-state index in [2.05, 4.69) is 6.08 Å². The summed E-state index contributed by atoms with van der Waals surface area (Å²) in [4.78, 5) is 26.1. The maximum absolute atomic E-state index is 12.5. The number of likely N-dealkylation sites (tertiary alicyclic amines) is 1. The largest absolute Gasteiger partial charge is 0.482 e. The molecule has 0 atom stereocenters. The molecule has 182 valence electrons. The third kappa shape index (κ3) is 5.61. The summed E-state index contributed by atoms with van der Waals surface area (Å²) >= 11 is 0. The lowest BCUT2D eigenvalue weighted by molar-refractivity contribution is -0.00117. The maximum Gasteiger partial charge on any atom is 0.410 e. The zero-order chi connectivity index (χ0) is 24.9. The first kappa shape index (κ1) is 25.3. The van der Waals surface area contributed by atoms with Crippen LogP contribution in [0.4, 0.5) is 4.79 Å². The lowest BCUT2D eigenvalue weighted by Gasteiger charge is -2.43. The summed E-state index contributed by atoms with van der Waals surface area (Å²) in [6.45, 7) is 10.7. The van der Waals surface area contributed by atoms with E-state index in [4.69, 9.17) is 14.2 Å². The zero-order valence-electron chi connectivity index (χ0n) is 21.0. The van der Waals surface area contributed by atoms with E-state index in [1.54, 1.807) is 17.0 Å². The van der Waals surface area contributed by atoms with Crippen LogP contribution in [0.1, 0.15) is 68.9 Å². The molecular weight excluding hydrogens is 430 g/mol. The van der Waals surface area contributed by atoms with Gasteiger partial charge in [0.05, 0.1) is 12.7 Å².